The third-order valence-corrected chi connectivity index (χ3v) is 4.89. The second kappa shape index (κ2) is 5.11. The van der Waals surface area contributed by atoms with E-state index in [9.17, 15) is 10.2 Å². The first-order valence-electron chi connectivity index (χ1n) is 7.09. The Balaban J connectivity index is 2.02. The van der Waals surface area contributed by atoms with E-state index in [1.54, 1.807) is 5.57 Å². The van der Waals surface area contributed by atoms with Gasteiger partial charge in [0.15, 0.2) is 0 Å². The predicted octanol–water partition coefficient (Wildman–Crippen LogP) is 3.18. The van der Waals surface area contributed by atoms with E-state index in [2.05, 4.69) is 13.8 Å². The van der Waals surface area contributed by atoms with Gasteiger partial charge in [0.05, 0.1) is 11.7 Å². The van der Waals surface area contributed by atoms with Crippen LogP contribution in [-0.2, 0) is 0 Å². The van der Waals surface area contributed by atoms with Crippen molar-refractivity contribution in [2.24, 2.45) is 5.92 Å². The number of aliphatic hydroxyl groups is 2. The van der Waals surface area contributed by atoms with Gasteiger partial charge in [-0.2, -0.15) is 0 Å². The Bertz CT molecular complexity index is 294. The van der Waals surface area contributed by atoms with Crippen LogP contribution in [0, 0.1) is 5.92 Å². The largest absolute Gasteiger partial charge is 0.390 e. The van der Waals surface area contributed by atoms with Gasteiger partial charge in [0, 0.05) is 0 Å². The lowest BCUT2D eigenvalue weighted by atomic mass is 9.67. The van der Waals surface area contributed by atoms with Gasteiger partial charge in [0.1, 0.15) is 0 Å². The van der Waals surface area contributed by atoms with Gasteiger partial charge < -0.3 is 10.2 Å². The number of hydrogen-bond acceptors (Lipinski definition) is 2. The fourth-order valence-corrected chi connectivity index (χ4v) is 3.60. The Morgan fingerprint density at radius 1 is 1.12 bits per heavy atom. The molecule has 0 heterocycles. The number of rotatable bonds is 1. The van der Waals surface area contributed by atoms with Gasteiger partial charge >= 0.3 is 0 Å². The van der Waals surface area contributed by atoms with Crippen LogP contribution in [-0.4, -0.2) is 21.9 Å². The fraction of sp³-hybridized carbons (Fsp3) is 0.867. The van der Waals surface area contributed by atoms with Crippen molar-refractivity contribution in [1.29, 1.82) is 0 Å². The molecule has 2 fully saturated rings. The molecular formula is C15H26O2. The van der Waals surface area contributed by atoms with Gasteiger partial charge in [-0.25, -0.2) is 0 Å². The molecule has 2 aliphatic rings. The Labute approximate surface area is 105 Å². The van der Waals surface area contributed by atoms with Crippen LogP contribution in [0.2, 0.25) is 0 Å². The highest BCUT2D eigenvalue weighted by Crippen LogP contribution is 2.43. The summed E-state index contributed by atoms with van der Waals surface area (Å²) in [5.41, 5.74) is 2.22. The van der Waals surface area contributed by atoms with Crippen molar-refractivity contribution in [2.45, 2.75) is 76.9 Å². The molecule has 2 unspecified atom stereocenters. The Kier molecular flexibility index (Phi) is 3.94. The standard InChI is InChI=1S/C15H26O2/c1-11(2)12-6-8-13(9-7-12)15(17)10-4-3-5-14(15)16/h13-14,16-17H,3-10H2,1-2H3. The molecule has 0 aromatic rings. The van der Waals surface area contributed by atoms with Crippen LogP contribution < -0.4 is 0 Å². The number of hydrogen-bond donors (Lipinski definition) is 2. The van der Waals surface area contributed by atoms with E-state index in [4.69, 9.17) is 0 Å². The van der Waals surface area contributed by atoms with E-state index < -0.39 is 11.7 Å². The quantitative estimate of drug-likeness (QED) is 0.689. The molecular weight excluding hydrogens is 212 g/mol. The topological polar surface area (TPSA) is 40.5 Å². The Hall–Kier alpha value is -0.340. The van der Waals surface area contributed by atoms with Crippen LogP contribution in [0.1, 0.15) is 65.2 Å². The summed E-state index contributed by atoms with van der Waals surface area (Å²) in [6.45, 7) is 4.36. The molecule has 2 saturated carbocycles. The normalized spacial score (nSPS) is 39.2. The van der Waals surface area contributed by atoms with E-state index in [0.717, 1.165) is 51.4 Å². The van der Waals surface area contributed by atoms with Crippen LogP contribution >= 0.6 is 0 Å². The molecule has 0 amide bonds. The van der Waals surface area contributed by atoms with Gasteiger partial charge in [-0.1, -0.05) is 24.0 Å². The van der Waals surface area contributed by atoms with Gasteiger partial charge in [-0.15, -0.1) is 0 Å². The zero-order valence-electron chi connectivity index (χ0n) is 11.2. The molecule has 2 aliphatic carbocycles. The summed E-state index contributed by atoms with van der Waals surface area (Å²) >= 11 is 0. The van der Waals surface area contributed by atoms with E-state index >= 15 is 0 Å². The van der Waals surface area contributed by atoms with Gasteiger partial charge in [0.2, 0.25) is 0 Å². The van der Waals surface area contributed by atoms with Crippen LogP contribution in [0.4, 0.5) is 0 Å². The summed E-state index contributed by atoms with van der Waals surface area (Å²) in [7, 11) is 0. The summed E-state index contributed by atoms with van der Waals surface area (Å²) in [6, 6.07) is 0. The van der Waals surface area contributed by atoms with Crippen molar-refractivity contribution in [3.8, 4) is 0 Å². The molecule has 2 rings (SSSR count). The van der Waals surface area contributed by atoms with Crippen molar-refractivity contribution in [3.05, 3.63) is 11.1 Å². The van der Waals surface area contributed by atoms with Crippen molar-refractivity contribution in [3.63, 3.8) is 0 Å². The molecule has 0 saturated heterocycles. The molecule has 2 nitrogen and oxygen atoms in total. The summed E-state index contributed by atoms with van der Waals surface area (Å²) in [4.78, 5) is 0. The minimum Gasteiger partial charge on any atom is -0.390 e. The zero-order chi connectivity index (χ0) is 12.5. The lowest BCUT2D eigenvalue weighted by molar-refractivity contribution is -0.141. The van der Waals surface area contributed by atoms with Crippen LogP contribution in [0.5, 0.6) is 0 Å². The predicted molar refractivity (Wildman–Crippen MR) is 69.8 cm³/mol. The van der Waals surface area contributed by atoms with Gasteiger partial charge in [-0.05, 0) is 58.3 Å². The third kappa shape index (κ3) is 2.58. The monoisotopic (exact) mass is 238 g/mol. The summed E-state index contributed by atoms with van der Waals surface area (Å²) in [6.07, 6.45) is 7.54. The maximum absolute atomic E-state index is 10.7. The molecule has 98 valence electrons. The molecule has 0 aliphatic heterocycles. The lowest BCUT2D eigenvalue weighted by Gasteiger charge is -2.45. The summed E-state index contributed by atoms with van der Waals surface area (Å²) in [5.74, 6) is 0.306. The first-order valence-corrected chi connectivity index (χ1v) is 7.09. The smallest absolute Gasteiger partial charge is 0.0933 e. The van der Waals surface area contributed by atoms with E-state index in [0.29, 0.717) is 5.92 Å². The van der Waals surface area contributed by atoms with Crippen molar-refractivity contribution >= 4 is 0 Å². The average Bonchev–Trinajstić information content (AvgIpc) is 2.33. The van der Waals surface area contributed by atoms with E-state index in [-0.39, 0.29) is 0 Å². The maximum Gasteiger partial charge on any atom is 0.0933 e. The summed E-state index contributed by atoms with van der Waals surface area (Å²) in [5, 5.41) is 20.8. The molecule has 0 spiro atoms. The average molecular weight is 238 g/mol. The maximum atomic E-state index is 10.7. The second-order valence-electron chi connectivity index (χ2n) is 6.13. The number of allylic oxidation sites excluding steroid dienone is 2. The van der Waals surface area contributed by atoms with Crippen LogP contribution in [0.3, 0.4) is 0 Å². The fourth-order valence-electron chi connectivity index (χ4n) is 3.60. The summed E-state index contributed by atoms with van der Waals surface area (Å²) < 4.78 is 0. The first kappa shape index (κ1) is 13.1. The van der Waals surface area contributed by atoms with Gasteiger partial charge in [-0.3, -0.25) is 0 Å². The van der Waals surface area contributed by atoms with E-state index in [1.165, 1.54) is 5.57 Å². The molecule has 0 aromatic carbocycles. The van der Waals surface area contributed by atoms with Crippen molar-refractivity contribution in [1.82, 2.24) is 0 Å². The minimum absolute atomic E-state index is 0.306. The SMILES string of the molecule is CC(C)=C1CCC(C2(O)CCCCC2O)CC1. The molecule has 2 heteroatoms. The second-order valence-corrected chi connectivity index (χ2v) is 6.13. The molecule has 0 radical (unpaired) electrons. The van der Waals surface area contributed by atoms with Crippen LogP contribution in [0.15, 0.2) is 11.1 Å². The van der Waals surface area contributed by atoms with Crippen LogP contribution in [0.25, 0.3) is 0 Å². The number of aliphatic hydroxyl groups excluding tert-OH is 1. The van der Waals surface area contributed by atoms with Gasteiger partial charge in [0.25, 0.3) is 0 Å². The molecule has 17 heavy (non-hydrogen) atoms. The molecule has 2 N–H and O–H groups in total. The molecule has 0 aromatic heterocycles. The Morgan fingerprint density at radius 3 is 2.29 bits per heavy atom. The highest BCUT2D eigenvalue weighted by molar-refractivity contribution is 5.13. The highest BCUT2D eigenvalue weighted by atomic mass is 16.3. The third-order valence-electron chi connectivity index (χ3n) is 4.89. The van der Waals surface area contributed by atoms with E-state index in [1.807, 2.05) is 0 Å². The van der Waals surface area contributed by atoms with Crippen molar-refractivity contribution < 1.29 is 10.2 Å². The van der Waals surface area contributed by atoms with Crippen molar-refractivity contribution in [2.75, 3.05) is 0 Å². The molecule has 0 bridgehead atoms. The highest BCUT2D eigenvalue weighted by Gasteiger charge is 2.44. The molecule has 2 atom stereocenters. The Morgan fingerprint density at radius 2 is 1.76 bits per heavy atom. The first-order chi connectivity index (χ1) is 8.04. The lowest BCUT2D eigenvalue weighted by Crippen LogP contribution is -2.51. The minimum atomic E-state index is -0.786. The zero-order valence-corrected chi connectivity index (χ0v) is 11.2.